The molecular formula is C19H26N2O4. The van der Waals surface area contributed by atoms with E-state index in [0.717, 1.165) is 44.5 Å². The Hall–Kier alpha value is -2.08. The van der Waals surface area contributed by atoms with Gasteiger partial charge in [0, 0.05) is 5.41 Å². The summed E-state index contributed by atoms with van der Waals surface area (Å²) in [7, 11) is 0. The number of rotatable bonds is 6. The molecule has 0 aliphatic carbocycles. The Morgan fingerprint density at radius 3 is 2.40 bits per heavy atom. The normalized spacial score (nSPS) is 25.9. The van der Waals surface area contributed by atoms with E-state index in [0.29, 0.717) is 6.61 Å². The number of nitrogens with zero attached hydrogens (tertiary/aromatic N) is 1. The van der Waals surface area contributed by atoms with E-state index in [4.69, 9.17) is 9.47 Å². The summed E-state index contributed by atoms with van der Waals surface area (Å²) >= 11 is 0. The van der Waals surface area contributed by atoms with Crippen LogP contribution in [0.3, 0.4) is 0 Å². The van der Waals surface area contributed by atoms with Crippen molar-refractivity contribution < 1.29 is 19.1 Å². The number of alkyl carbamates (subject to hydrolysis) is 1. The van der Waals surface area contributed by atoms with Gasteiger partial charge in [-0.05, 0) is 51.4 Å². The second-order valence-corrected chi connectivity index (χ2v) is 7.13. The Balaban J connectivity index is 1.39. The van der Waals surface area contributed by atoms with Crippen LogP contribution in [0.1, 0.15) is 31.7 Å². The number of piperidine rings is 3. The number of fused-ring (bicyclic) bond motifs is 3. The zero-order valence-electron chi connectivity index (χ0n) is 14.7. The molecule has 3 heterocycles. The maximum absolute atomic E-state index is 12.2. The van der Waals surface area contributed by atoms with Gasteiger partial charge in [0.2, 0.25) is 0 Å². The van der Waals surface area contributed by atoms with Gasteiger partial charge >= 0.3 is 12.1 Å². The third-order valence-electron chi connectivity index (χ3n) is 5.30. The highest BCUT2D eigenvalue weighted by Gasteiger charge is 2.40. The number of hydrogen-bond acceptors (Lipinski definition) is 5. The average molecular weight is 346 g/mol. The molecule has 3 saturated heterocycles. The van der Waals surface area contributed by atoms with Crippen LogP contribution in [0.2, 0.25) is 0 Å². The van der Waals surface area contributed by atoms with Crippen molar-refractivity contribution in [2.75, 3.05) is 26.2 Å². The molecular weight excluding hydrogens is 320 g/mol. The predicted molar refractivity (Wildman–Crippen MR) is 92.9 cm³/mol. The molecule has 0 spiro atoms. The molecule has 0 saturated carbocycles. The van der Waals surface area contributed by atoms with Crippen molar-refractivity contribution in [3.63, 3.8) is 0 Å². The van der Waals surface area contributed by atoms with Gasteiger partial charge in [-0.1, -0.05) is 30.3 Å². The summed E-state index contributed by atoms with van der Waals surface area (Å²) in [5, 5.41) is 2.53. The lowest BCUT2D eigenvalue weighted by molar-refractivity contribution is -0.152. The standard InChI is InChI=1S/C19H26N2O4/c1-15(20-18(23)24-13-16-5-3-2-4-6-16)17(22)25-14-19-7-10-21(11-8-19)12-9-19/h2-6,15H,7-14H2,1H3,(H,20,23)/t15-/m0/s1. The van der Waals surface area contributed by atoms with Crippen LogP contribution in [-0.4, -0.2) is 49.2 Å². The minimum atomic E-state index is -0.719. The topological polar surface area (TPSA) is 67.9 Å². The van der Waals surface area contributed by atoms with Gasteiger partial charge in [-0.2, -0.15) is 0 Å². The highest BCUT2D eigenvalue weighted by Crippen LogP contribution is 2.40. The molecule has 0 unspecified atom stereocenters. The van der Waals surface area contributed by atoms with E-state index in [-0.39, 0.29) is 12.0 Å². The SMILES string of the molecule is C[C@H](NC(=O)OCc1ccccc1)C(=O)OCC12CCN(CC1)CC2. The molecule has 1 aromatic carbocycles. The average Bonchev–Trinajstić information content (AvgIpc) is 2.67. The van der Waals surface area contributed by atoms with Crippen molar-refractivity contribution >= 4 is 12.1 Å². The molecule has 6 nitrogen and oxygen atoms in total. The fourth-order valence-electron chi connectivity index (χ4n) is 3.46. The van der Waals surface area contributed by atoms with Gasteiger partial charge < -0.3 is 19.7 Å². The number of esters is 1. The lowest BCUT2D eigenvalue weighted by atomic mass is 9.73. The van der Waals surface area contributed by atoms with Crippen LogP contribution in [0.4, 0.5) is 4.79 Å². The van der Waals surface area contributed by atoms with Gasteiger partial charge in [-0.15, -0.1) is 0 Å². The molecule has 1 amide bonds. The van der Waals surface area contributed by atoms with Crippen molar-refractivity contribution in [2.24, 2.45) is 5.41 Å². The number of nitrogens with one attached hydrogen (secondary N) is 1. The molecule has 3 aliphatic heterocycles. The number of hydrogen-bond donors (Lipinski definition) is 1. The molecule has 3 aliphatic rings. The van der Waals surface area contributed by atoms with E-state index in [1.165, 1.54) is 0 Å². The Labute approximate surface area is 148 Å². The van der Waals surface area contributed by atoms with E-state index in [9.17, 15) is 9.59 Å². The Bertz CT molecular complexity index is 583. The van der Waals surface area contributed by atoms with Crippen LogP contribution in [0.15, 0.2) is 30.3 Å². The minimum absolute atomic E-state index is 0.137. The summed E-state index contributed by atoms with van der Waals surface area (Å²) in [4.78, 5) is 26.4. The molecule has 6 heteroatoms. The zero-order valence-corrected chi connectivity index (χ0v) is 14.7. The van der Waals surface area contributed by atoms with Crippen molar-refractivity contribution in [3.05, 3.63) is 35.9 Å². The maximum Gasteiger partial charge on any atom is 0.408 e. The number of amides is 1. The third kappa shape index (κ3) is 4.72. The summed E-state index contributed by atoms with van der Waals surface area (Å²) in [6, 6.07) is 8.69. The van der Waals surface area contributed by atoms with Crippen LogP contribution < -0.4 is 5.32 Å². The molecule has 3 fully saturated rings. The summed E-state index contributed by atoms with van der Waals surface area (Å²) in [5.41, 5.74) is 1.04. The van der Waals surface area contributed by atoms with Gasteiger partial charge in [0.25, 0.3) is 0 Å². The predicted octanol–water partition coefficient (Wildman–Crippen LogP) is 2.33. The third-order valence-corrected chi connectivity index (χ3v) is 5.30. The number of carbonyl (C=O) groups excluding carboxylic acids is 2. The van der Waals surface area contributed by atoms with Crippen LogP contribution in [0.5, 0.6) is 0 Å². The van der Waals surface area contributed by atoms with E-state index in [1.807, 2.05) is 30.3 Å². The highest BCUT2D eigenvalue weighted by molar-refractivity contribution is 5.80. The molecule has 2 bridgehead atoms. The van der Waals surface area contributed by atoms with Crippen LogP contribution in [0.25, 0.3) is 0 Å². The molecule has 1 N–H and O–H groups in total. The van der Waals surface area contributed by atoms with Crippen LogP contribution >= 0.6 is 0 Å². The minimum Gasteiger partial charge on any atom is -0.464 e. The van der Waals surface area contributed by atoms with Crippen LogP contribution in [-0.2, 0) is 20.9 Å². The first-order chi connectivity index (χ1) is 12.1. The van der Waals surface area contributed by atoms with E-state index < -0.39 is 18.1 Å². The van der Waals surface area contributed by atoms with E-state index in [2.05, 4.69) is 10.2 Å². The van der Waals surface area contributed by atoms with Crippen molar-refractivity contribution in [2.45, 2.75) is 38.8 Å². The summed E-state index contributed by atoms with van der Waals surface area (Å²) < 4.78 is 10.6. The monoisotopic (exact) mass is 346 g/mol. The largest absolute Gasteiger partial charge is 0.464 e. The van der Waals surface area contributed by atoms with Crippen molar-refractivity contribution in [1.29, 1.82) is 0 Å². The number of carbonyl (C=O) groups is 2. The second-order valence-electron chi connectivity index (χ2n) is 7.13. The summed E-state index contributed by atoms with van der Waals surface area (Å²) in [5.74, 6) is -0.404. The zero-order chi connectivity index (χ0) is 17.7. The maximum atomic E-state index is 12.2. The molecule has 25 heavy (non-hydrogen) atoms. The Morgan fingerprint density at radius 1 is 1.12 bits per heavy atom. The van der Waals surface area contributed by atoms with Crippen molar-refractivity contribution in [3.8, 4) is 0 Å². The second kappa shape index (κ2) is 7.87. The molecule has 1 atom stereocenters. The van der Waals surface area contributed by atoms with Crippen molar-refractivity contribution in [1.82, 2.24) is 10.2 Å². The van der Waals surface area contributed by atoms with Gasteiger partial charge in [-0.25, -0.2) is 9.59 Å². The van der Waals surface area contributed by atoms with Gasteiger partial charge in [0.15, 0.2) is 0 Å². The van der Waals surface area contributed by atoms with Gasteiger partial charge in [0.05, 0.1) is 6.61 Å². The molecule has 0 radical (unpaired) electrons. The Morgan fingerprint density at radius 2 is 1.76 bits per heavy atom. The first kappa shape index (κ1) is 17.7. The molecule has 136 valence electrons. The summed E-state index contributed by atoms with van der Waals surface area (Å²) in [6.45, 7) is 5.53. The smallest absolute Gasteiger partial charge is 0.408 e. The molecule has 1 aromatic rings. The van der Waals surface area contributed by atoms with E-state index in [1.54, 1.807) is 6.92 Å². The molecule has 4 rings (SSSR count). The van der Waals surface area contributed by atoms with Gasteiger partial charge in [-0.3, -0.25) is 0 Å². The quantitative estimate of drug-likeness (QED) is 0.801. The van der Waals surface area contributed by atoms with Gasteiger partial charge in [0.1, 0.15) is 12.6 Å². The number of benzene rings is 1. The van der Waals surface area contributed by atoms with Crippen LogP contribution in [0, 0.1) is 5.41 Å². The Kier molecular flexibility index (Phi) is 5.58. The summed E-state index contributed by atoms with van der Waals surface area (Å²) in [6.07, 6.45) is 2.64. The number of ether oxygens (including phenoxy) is 2. The molecule has 0 aromatic heterocycles. The lowest BCUT2D eigenvalue weighted by Gasteiger charge is -2.47. The fraction of sp³-hybridized carbons (Fsp3) is 0.579. The fourth-order valence-corrected chi connectivity index (χ4v) is 3.46. The van der Waals surface area contributed by atoms with E-state index >= 15 is 0 Å². The highest BCUT2D eigenvalue weighted by atomic mass is 16.6. The first-order valence-corrected chi connectivity index (χ1v) is 8.93. The lowest BCUT2D eigenvalue weighted by Crippen LogP contribution is -2.51. The first-order valence-electron chi connectivity index (χ1n) is 8.93.